The molecule has 0 spiro atoms. The number of nitrogens with zero attached hydrogens (tertiary/aromatic N) is 3. The Kier molecular flexibility index (Phi) is 5.18. The third-order valence-electron chi connectivity index (χ3n) is 3.31. The molecular weight excluding hydrogens is 280 g/mol. The molecule has 0 saturated carbocycles. The first-order chi connectivity index (χ1) is 10.2. The van der Waals surface area contributed by atoms with Crippen molar-refractivity contribution in [3.63, 3.8) is 0 Å². The number of nitriles is 1. The van der Waals surface area contributed by atoms with Crippen LogP contribution in [-0.2, 0) is 12.8 Å². The van der Waals surface area contributed by atoms with Crippen LogP contribution >= 0.6 is 11.8 Å². The lowest BCUT2D eigenvalue weighted by atomic mass is 10.0. The van der Waals surface area contributed by atoms with Crippen molar-refractivity contribution in [2.75, 3.05) is 11.6 Å². The molecule has 0 aliphatic heterocycles. The molecule has 0 atom stereocenters. The quantitative estimate of drug-likeness (QED) is 0.847. The second-order valence-electron chi connectivity index (χ2n) is 4.52. The minimum absolute atomic E-state index is 0.531. The molecule has 21 heavy (non-hydrogen) atoms. The summed E-state index contributed by atoms with van der Waals surface area (Å²) in [5.41, 5.74) is 3.39. The maximum absolute atomic E-state index is 9.45. The lowest BCUT2D eigenvalue weighted by Gasteiger charge is -2.12. The van der Waals surface area contributed by atoms with Crippen molar-refractivity contribution in [1.29, 1.82) is 5.26 Å². The second kappa shape index (κ2) is 7.09. The van der Waals surface area contributed by atoms with E-state index < -0.39 is 0 Å². The number of aryl methyl sites for hydroxylation is 1. The van der Waals surface area contributed by atoms with Gasteiger partial charge in [0.2, 0.25) is 0 Å². The molecule has 0 aliphatic rings. The van der Waals surface area contributed by atoms with Gasteiger partial charge in [0, 0.05) is 10.6 Å². The maximum Gasteiger partial charge on any atom is 0.171 e. The smallest absolute Gasteiger partial charge is 0.171 e. The van der Waals surface area contributed by atoms with Crippen molar-refractivity contribution in [1.82, 2.24) is 10.2 Å². The van der Waals surface area contributed by atoms with Crippen LogP contribution < -0.4 is 5.32 Å². The zero-order valence-corrected chi connectivity index (χ0v) is 13.3. The van der Waals surface area contributed by atoms with Crippen molar-refractivity contribution >= 4 is 23.3 Å². The molecule has 0 bridgehead atoms. The number of hydrogen-bond acceptors (Lipinski definition) is 5. The summed E-state index contributed by atoms with van der Waals surface area (Å²) in [6.45, 7) is 4.06. The SMILES string of the molecule is CCc1nnc(Nc2ccc(SC)cc2)c(C#N)c1CC. The van der Waals surface area contributed by atoms with E-state index in [0.29, 0.717) is 11.4 Å². The van der Waals surface area contributed by atoms with Gasteiger partial charge in [-0.05, 0) is 48.9 Å². The number of benzene rings is 1. The van der Waals surface area contributed by atoms with Gasteiger partial charge in [-0.3, -0.25) is 0 Å². The van der Waals surface area contributed by atoms with Crippen molar-refractivity contribution in [3.8, 4) is 6.07 Å². The summed E-state index contributed by atoms with van der Waals surface area (Å²) < 4.78 is 0. The Morgan fingerprint density at radius 2 is 1.86 bits per heavy atom. The standard InChI is InChI=1S/C16H18N4S/c1-4-13-14(10-17)16(20-19-15(13)5-2)18-11-6-8-12(21-3)9-7-11/h6-9H,4-5H2,1-3H3,(H,18,20). The van der Waals surface area contributed by atoms with Crippen molar-refractivity contribution in [3.05, 3.63) is 41.1 Å². The van der Waals surface area contributed by atoms with Crippen LogP contribution in [0, 0.1) is 11.3 Å². The molecule has 2 rings (SSSR count). The first-order valence-electron chi connectivity index (χ1n) is 6.93. The van der Waals surface area contributed by atoms with E-state index in [-0.39, 0.29) is 0 Å². The fourth-order valence-corrected chi connectivity index (χ4v) is 2.60. The minimum Gasteiger partial charge on any atom is -0.338 e. The lowest BCUT2D eigenvalue weighted by molar-refractivity contribution is 0.877. The number of hydrogen-bond donors (Lipinski definition) is 1. The maximum atomic E-state index is 9.45. The molecule has 1 heterocycles. The molecular formula is C16H18N4S. The normalized spacial score (nSPS) is 10.2. The second-order valence-corrected chi connectivity index (χ2v) is 5.40. The van der Waals surface area contributed by atoms with Crippen LogP contribution in [0.15, 0.2) is 29.2 Å². The fraction of sp³-hybridized carbons (Fsp3) is 0.312. The summed E-state index contributed by atoms with van der Waals surface area (Å²) in [7, 11) is 0. The molecule has 1 aromatic carbocycles. The number of thioether (sulfide) groups is 1. The number of aromatic nitrogens is 2. The van der Waals surface area contributed by atoms with E-state index in [1.165, 1.54) is 4.90 Å². The molecule has 2 aromatic rings. The van der Waals surface area contributed by atoms with Gasteiger partial charge in [-0.1, -0.05) is 13.8 Å². The summed E-state index contributed by atoms with van der Waals surface area (Å²) in [6, 6.07) is 10.3. The highest BCUT2D eigenvalue weighted by Gasteiger charge is 2.14. The van der Waals surface area contributed by atoms with E-state index in [1.54, 1.807) is 11.8 Å². The first kappa shape index (κ1) is 15.3. The Bertz CT molecular complexity index is 659. The molecule has 4 nitrogen and oxygen atoms in total. The summed E-state index contributed by atoms with van der Waals surface area (Å²) in [5, 5.41) is 21.1. The average molecular weight is 298 g/mol. The van der Waals surface area contributed by atoms with Gasteiger partial charge >= 0.3 is 0 Å². The Labute approximate surface area is 129 Å². The molecule has 0 amide bonds. The zero-order valence-electron chi connectivity index (χ0n) is 12.5. The van der Waals surface area contributed by atoms with Gasteiger partial charge in [-0.25, -0.2) is 0 Å². The van der Waals surface area contributed by atoms with Crippen LogP contribution in [0.4, 0.5) is 11.5 Å². The predicted octanol–water partition coefficient (Wildman–Crippen LogP) is 3.94. The number of nitrogens with one attached hydrogen (secondary N) is 1. The molecule has 1 aromatic heterocycles. The summed E-state index contributed by atoms with van der Waals surface area (Å²) in [5.74, 6) is 0.531. The van der Waals surface area contributed by atoms with Crippen LogP contribution in [0.25, 0.3) is 0 Å². The van der Waals surface area contributed by atoms with E-state index in [4.69, 9.17) is 0 Å². The van der Waals surface area contributed by atoms with Gasteiger partial charge in [0.05, 0.1) is 5.69 Å². The van der Waals surface area contributed by atoms with Crippen LogP contribution in [0.2, 0.25) is 0 Å². The third-order valence-corrected chi connectivity index (χ3v) is 4.05. The zero-order chi connectivity index (χ0) is 15.2. The molecule has 0 aliphatic carbocycles. The Balaban J connectivity index is 2.37. The fourth-order valence-electron chi connectivity index (χ4n) is 2.19. The van der Waals surface area contributed by atoms with Gasteiger partial charge in [0.1, 0.15) is 11.6 Å². The van der Waals surface area contributed by atoms with E-state index in [9.17, 15) is 5.26 Å². The van der Waals surface area contributed by atoms with Crippen molar-refractivity contribution in [2.45, 2.75) is 31.6 Å². The van der Waals surface area contributed by atoms with Crippen LogP contribution in [0.5, 0.6) is 0 Å². The van der Waals surface area contributed by atoms with Gasteiger partial charge in [-0.2, -0.15) is 10.4 Å². The van der Waals surface area contributed by atoms with E-state index in [2.05, 4.69) is 21.6 Å². The molecule has 108 valence electrons. The molecule has 5 heteroatoms. The molecule has 1 N–H and O–H groups in total. The first-order valence-corrected chi connectivity index (χ1v) is 8.15. The van der Waals surface area contributed by atoms with E-state index in [0.717, 1.165) is 29.8 Å². The molecule has 0 radical (unpaired) electrons. The molecule has 0 saturated heterocycles. The van der Waals surface area contributed by atoms with Crippen LogP contribution in [0.1, 0.15) is 30.7 Å². The van der Waals surface area contributed by atoms with Gasteiger partial charge < -0.3 is 5.32 Å². The van der Waals surface area contributed by atoms with E-state index >= 15 is 0 Å². The molecule has 0 fully saturated rings. The minimum atomic E-state index is 0.531. The summed E-state index contributed by atoms with van der Waals surface area (Å²) in [6.07, 6.45) is 3.61. The summed E-state index contributed by atoms with van der Waals surface area (Å²) in [4.78, 5) is 1.20. The average Bonchev–Trinajstić information content (AvgIpc) is 2.54. The monoisotopic (exact) mass is 298 g/mol. The summed E-state index contributed by atoms with van der Waals surface area (Å²) >= 11 is 1.69. The van der Waals surface area contributed by atoms with E-state index in [1.807, 2.05) is 44.4 Å². The van der Waals surface area contributed by atoms with Gasteiger partial charge in [-0.15, -0.1) is 16.9 Å². The Morgan fingerprint density at radius 1 is 1.14 bits per heavy atom. The lowest BCUT2D eigenvalue weighted by Crippen LogP contribution is -2.07. The predicted molar refractivity (Wildman–Crippen MR) is 87.0 cm³/mol. The van der Waals surface area contributed by atoms with Crippen molar-refractivity contribution in [2.24, 2.45) is 0 Å². The highest BCUT2D eigenvalue weighted by Crippen LogP contribution is 2.24. The Morgan fingerprint density at radius 3 is 2.38 bits per heavy atom. The highest BCUT2D eigenvalue weighted by molar-refractivity contribution is 7.98. The third kappa shape index (κ3) is 3.34. The van der Waals surface area contributed by atoms with Crippen LogP contribution in [-0.4, -0.2) is 16.5 Å². The van der Waals surface area contributed by atoms with Gasteiger partial charge in [0.15, 0.2) is 5.82 Å². The topological polar surface area (TPSA) is 61.6 Å². The van der Waals surface area contributed by atoms with Gasteiger partial charge in [0.25, 0.3) is 0 Å². The Hall–Kier alpha value is -2.06. The van der Waals surface area contributed by atoms with Crippen molar-refractivity contribution < 1.29 is 0 Å². The highest BCUT2D eigenvalue weighted by atomic mass is 32.2. The van der Waals surface area contributed by atoms with Crippen LogP contribution in [0.3, 0.4) is 0 Å². The molecule has 0 unspecified atom stereocenters. The number of anilines is 2. The number of rotatable bonds is 5. The largest absolute Gasteiger partial charge is 0.338 e.